The van der Waals surface area contributed by atoms with E-state index in [1.54, 1.807) is 6.92 Å². The van der Waals surface area contributed by atoms with Gasteiger partial charge >= 0.3 is 17.9 Å². The van der Waals surface area contributed by atoms with Gasteiger partial charge in [-0.3, -0.25) is 14.4 Å². The van der Waals surface area contributed by atoms with Crippen molar-refractivity contribution in [3.63, 3.8) is 0 Å². The zero-order chi connectivity index (χ0) is 24.3. The Morgan fingerprint density at radius 3 is 2.09 bits per heavy atom. The van der Waals surface area contributed by atoms with Crippen LogP contribution < -0.4 is 0 Å². The van der Waals surface area contributed by atoms with Crippen LogP contribution in [-0.4, -0.2) is 42.1 Å². The summed E-state index contributed by atoms with van der Waals surface area (Å²) in [6, 6.07) is 0. The van der Waals surface area contributed by atoms with E-state index in [-0.39, 0.29) is 54.0 Å². The maximum atomic E-state index is 15.7. The number of hydrogen-bond donors (Lipinski definition) is 0. The molecule has 0 heterocycles. The molecule has 0 aromatic rings. The van der Waals surface area contributed by atoms with Gasteiger partial charge < -0.3 is 14.2 Å². The molecule has 4 aliphatic carbocycles. The summed E-state index contributed by atoms with van der Waals surface area (Å²) in [6.45, 7) is 7.70. The maximum absolute atomic E-state index is 15.7. The van der Waals surface area contributed by atoms with Gasteiger partial charge in [-0.15, -0.1) is 0 Å². The number of carbonyl (C=O) groups excluding carboxylic acids is 3. The van der Waals surface area contributed by atoms with Crippen molar-refractivity contribution in [3.8, 4) is 0 Å². The first-order valence-corrected chi connectivity index (χ1v) is 12.2. The van der Waals surface area contributed by atoms with Crippen molar-refractivity contribution in [3.05, 3.63) is 0 Å². The molecule has 8 heteroatoms. The number of fused-ring (bicyclic) bond motifs is 5. The topological polar surface area (TPSA) is 78.9 Å². The Labute approximate surface area is 194 Å². The Kier molecular flexibility index (Phi) is 6.06. The third-order valence-electron chi connectivity index (χ3n) is 9.51. The lowest BCUT2D eigenvalue weighted by Gasteiger charge is -2.62. The van der Waals surface area contributed by atoms with Crippen LogP contribution in [0.5, 0.6) is 0 Å². The molecule has 4 aliphatic rings. The van der Waals surface area contributed by atoms with Gasteiger partial charge in [-0.05, 0) is 68.1 Å². The van der Waals surface area contributed by atoms with E-state index >= 15 is 8.78 Å². The predicted molar refractivity (Wildman–Crippen MR) is 114 cm³/mol. The Bertz CT molecular complexity index is 830. The molecule has 0 amide bonds. The SMILES string of the molecule is CC(=O)O[C@H]1CC[C@@]2(C)[C@@H](CC[C@@H]3[C@@H]2[C@H](OC(C)=O)C[C@@]2(C)[C@H]3C[C@H](OC(C)=O)C2(F)F)C1. The summed E-state index contributed by atoms with van der Waals surface area (Å²) in [5, 5.41) is 0. The molecule has 0 unspecified atom stereocenters. The fourth-order valence-corrected chi connectivity index (χ4v) is 8.21. The number of esters is 3. The third-order valence-corrected chi connectivity index (χ3v) is 9.51. The quantitative estimate of drug-likeness (QED) is 0.440. The summed E-state index contributed by atoms with van der Waals surface area (Å²) in [5.41, 5.74) is -1.61. The standard InChI is InChI=1S/C25H36F2O6/c1-13(28)31-17-8-9-23(4)16(10-17)6-7-18-19-11-21(33-15(3)30)25(26,27)24(19,5)12-20(22(18)23)32-14(2)29/h16-22H,6-12H2,1-5H3/t16-,17-,18-,19-,20+,21-,22+,23-,24-/m0/s1. The van der Waals surface area contributed by atoms with Crippen LogP contribution in [0, 0.1) is 34.5 Å². The molecule has 4 saturated carbocycles. The lowest BCUT2D eigenvalue weighted by molar-refractivity contribution is -0.233. The average Bonchev–Trinajstić information content (AvgIpc) is 2.86. The monoisotopic (exact) mass is 470 g/mol. The molecule has 33 heavy (non-hydrogen) atoms. The lowest BCUT2D eigenvalue weighted by atomic mass is 9.44. The molecule has 4 fully saturated rings. The molecule has 0 saturated heterocycles. The molecule has 6 nitrogen and oxygen atoms in total. The van der Waals surface area contributed by atoms with Crippen molar-refractivity contribution < 1.29 is 37.4 Å². The summed E-state index contributed by atoms with van der Waals surface area (Å²) >= 11 is 0. The fraction of sp³-hybridized carbons (Fsp3) is 0.880. The van der Waals surface area contributed by atoms with Crippen LogP contribution in [0.2, 0.25) is 0 Å². The molecule has 4 rings (SSSR count). The van der Waals surface area contributed by atoms with Crippen LogP contribution in [0.1, 0.15) is 79.6 Å². The van der Waals surface area contributed by atoms with Crippen molar-refractivity contribution in [1.82, 2.24) is 0 Å². The highest BCUT2D eigenvalue weighted by Gasteiger charge is 2.73. The molecule has 0 N–H and O–H groups in total. The van der Waals surface area contributed by atoms with E-state index in [1.165, 1.54) is 20.8 Å². The smallest absolute Gasteiger partial charge is 0.303 e. The van der Waals surface area contributed by atoms with Gasteiger partial charge in [0.15, 0.2) is 6.10 Å². The Morgan fingerprint density at radius 2 is 1.48 bits per heavy atom. The maximum Gasteiger partial charge on any atom is 0.303 e. The minimum Gasteiger partial charge on any atom is -0.463 e. The second-order valence-electron chi connectivity index (χ2n) is 11.3. The van der Waals surface area contributed by atoms with E-state index in [0.29, 0.717) is 0 Å². The fourth-order valence-electron chi connectivity index (χ4n) is 8.21. The number of halogens is 2. The van der Waals surface area contributed by atoms with Gasteiger partial charge in [-0.2, -0.15) is 0 Å². The normalized spacial score (nSPS) is 45.7. The minimum atomic E-state index is -3.20. The van der Waals surface area contributed by atoms with Gasteiger partial charge in [0.05, 0.1) is 0 Å². The van der Waals surface area contributed by atoms with Gasteiger partial charge in [0.2, 0.25) is 0 Å². The zero-order valence-corrected chi connectivity index (χ0v) is 20.2. The summed E-state index contributed by atoms with van der Waals surface area (Å²) in [5.74, 6) is -4.80. The predicted octanol–water partition coefficient (Wildman–Crippen LogP) is 4.68. The minimum absolute atomic E-state index is 0.0499. The molecule has 9 atom stereocenters. The molecule has 0 aromatic heterocycles. The van der Waals surface area contributed by atoms with Gasteiger partial charge in [0, 0.05) is 32.1 Å². The number of alkyl halides is 2. The van der Waals surface area contributed by atoms with Gasteiger partial charge in [0.1, 0.15) is 12.2 Å². The van der Waals surface area contributed by atoms with Gasteiger partial charge in [0.25, 0.3) is 5.92 Å². The van der Waals surface area contributed by atoms with Crippen LogP contribution >= 0.6 is 0 Å². The van der Waals surface area contributed by atoms with Crippen LogP contribution in [0.3, 0.4) is 0 Å². The third kappa shape index (κ3) is 3.85. The highest BCUT2D eigenvalue weighted by atomic mass is 19.3. The van der Waals surface area contributed by atoms with Crippen molar-refractivity contribution >= 4 is 17.9 Å². The number of ether oxygens (including phenoxy) is 3. The molecule has 0 spiro atoms. The molecule has 0 aliphatic heterocycles. The van der Waals surface area contributed by atoms with Crippen molar-refractivity contribution in [2.75, 3.05) is 0 Å². The van der Waals surface area contributed by atoms with Gasteiger partial charge in [-0.25, -0.2) is 8.78 Å². The van der Waals surface area contributed by atoms with Crippen LogP contribution in [0.25, 0.3) is 0 Å². The molecule has 0 bridgehead atoms. The highest BCUT2D eigenvalue weighted by molar-refractivity contribution is 5.67. The first kappa shape index (κ1) is 24.4. The molecule has 186 valence electrons. The first-order valence-electron chi connectivity index (χ1n) is 12.2. The zero-order valence-electron chi connectivity index (χ0n) is 20.2. The summed E-state index contributed by atoms with van der Waals surface area (Å²) in [6.07, 6.45) is 1.87. The Morgan fingerprint density at radius 1 is 0.848 bits per heavy atom. The summed E-state index contributed by atoms with van der Waals surface area (Å²) in [7, 11) is 0. The molecule has 0 aromatic carbocycles. The summed E-state index contributed by atoms with van der Waals surface area (Å²) in [4.78, 5) is 35.1. The second-order valence-corrected chi connectivity index (χ2v) is 11.3. The van der Waals surface area contributed by atoms with E-state index in [9.17, 15) is 14.4 Å². The van der Waals surface area contributed by atoms with E-state index < -0.39 is 35.5 Å². The van der Waals surface area contributed by atoms with Crippen molar-refractivity contribution in [2.24, 2.45) is 34.5 Å². The highest BCUT2D eigenvalue weighted by Crippen LogP contribution is 2.70. The summed E-state index contributed by atoms with van der Waals surface area (Å²) < 4.78 is 47.8. The molecular formula is C25H36F2O6. The van der Waals surface area contributed by atoms with Crippen molar-refractivity contribution in [1.29, 1.82) is 0 Å². The van der Waals surface area contributed by atoms with Gasteiger partial charge in [-0.1, -0.05) is 13.8 Å². The largest absolute Gasteiger partial charge is 0.463 e. The second kappa shape index (κ2) is 8.19. The number of rotatable bonds is 3. The Balaban J connectivity index is 1.69. The first-order chi connectivity index (χ1) is 15.3. The van der Waals surface area contributed by atoms with E-state index in [2.05, 4.69) is 6.92 Å². The van der Waals surface area contributed by atoms with Crippen LogP contribution in [0.15, 0.2) is 0 Å². The Hall–Kier alpha value is -1.73. The lowest BCUT2D eigenvalue weighted by Crippen LogP contribution is -2.61. The van der Waals surface area contributed by atoms with E-state index in [0.717, 1.165) is 32.1 Å². The van der Waals surface area contributed by atoms with Crippen LogP contribution in [-0.2, 0) is 28.6 Å². The number of hydrogen-bond acceptors (Lipinski definition) is 6. The molecular weight excluding hydrogens is 434 g/mol. The van der Waals surface area contributed by atoms with Crippen LogP contribution in [0.4, 0.5) is 8.78 Å². The van der Waals surface area contributed by atoms with E-state index in [1.807, 2.05) is 0 Å². The average molecular weight is 471 g/mol. The number of carbonyl (C=O) groups is 3. The van der Waals surface area contributed by atoms with E-state index in [4.69, 9.17) is 14.2 Å². The molecule has 0 radical (unpaired) electrons. The van der Waals surface area contributed by atoms with Crippen molar-refractivity contribution in [2.45, 2.75) is 104 Å².